The minimum absolute atomic E-state index is 0.0144. The summed E-state index contributed by atoms with van der Waals surface area (Å²) in [6.45, 7) is 2.39. The highest BCUT2D eigenvalue weighted by molar-refractivity contribution is 5.76. The first-order chi connectivity index (χ1) is 19.8. The maximum Gasteiger partial charge on any atom is 0.325 e. The first-order valence-corrected chi connectivity index (χ1v) is 14.8. The van der Waals surface area contributed by atoms with E-state index in [4.69, 9.17) is 9.47 Å². The highest BCUT2D eigenvalue weighted by atomic mass is 19.3. The van der Waals surface area contributed by atoms with Crippen molar-refractivity contribution < 1.29 is 32.5 Å². The van der Waals surface area contributed by atoms with Crippen LogP contribution in [0.15, 0.2) is 30.3 Å². The van der Waals surface area contributed by atoms with Crippen LogP contribution in [0.1, 0.15) is 73.4 Å². The molecule has 3 aliphatic rings. The summed E-state index contributed by atoms with van der Waals surface area (Å²) in [4.78, 5) is 18.6. The van der Waals surface area contributed by atoms with E-state index < -0.39 is 29.7 Å². The Bertz CT molecular complexity index is 1190. The van der Waals surface area contributed by atoms with Crippen molar-refractivity contribution in [3.8, 4) is 0 Å². The van der Waals surface area contributed by atoms with Gasteiger partial charge < -0.3 is 19.9 Å². The van der Waals surface area contributed by atoms with Crippen LogP contribution in [-0.4, -0.2) is 65.8 Å². The number of nitrogens with one attached hydrogen (secondary N) is 1. The smallest absolute Gasteiger partial charge is 0.325 e. The first-order valence-electron chi connectivity index (χ1n) is 14.8. The average Bonchev–Trinajstić information content (AvgIpc) is 3.46. The fourth-order valence-electron chi connectivity index (χ4n) is 6.23. The van der Waals surface area contributed by atoms with Gasteiger partial charge >= 0.3 is 5.97 Å². The van der Waals surface area contributed by atoms with E-state index in [1.165, 1.54) is 23.8 Å². The van der Waals surface area contributed by atoms with Crippen molar-refractivity contribution in [2.45, 2.75) is 82.5 Å². The van der Waals surface area contributed by atoms with Crippen LogP contribution in [0.4, 0.5) is 19.0 Å². The van der Waals surface area contributed by atoms with Crippen molar-refractivity contribution in [3.05, 3.63) is 58.5 Å². The molecule has 4 heterocycles. The Hall–Kier alpha value is -2.69. The number of benzene rings is 1. The Morgan fingerprint density at radius 1 is 1.20 bits per heavy atom. The standard InChI is InChI=1S/C31H40F3N3O4/c32-24-8-6-22(20-41-26-11-16-40-17-12-26)27(18-24)28(30(38)39)37-15-10-23(19-37)31(33,34)13-2-1-5-25-9-7-21-4-3-14-35-29(21)36-25/h6-9,18,23,26,28H,1-5,10-17,19-20H2,(H,35,36)(H,38,39)/t23-,28?/m1/s1. The zero-order valence-corrected chi connectivity index (χ0v) is 23.4. The van der Waals surface area contributed by atoms with Gasteiger partial charge in [-0.1, -0.05) is 12.1 Å². The Kier molecular flexibility index (Phi) is 9.83. The number of hydrogen-bond acceptors (Lipinski definition) is 6. The molecular formula is C31H40F3N3O4. The number of rotatable bonds is 12. The second kappa shape index (κ2) is 13.5. The molecular weight excluding hydrogens is 535 g/mol. The van der Waals surface area contributed by atoms with E-state index in [0.29, 0.717) is 38.0 Å². The largest absolute Gasteiger partial charge is 0.480 e. The Morgan fingerprint density at radius 3 is 2.83 bits per heavy atom. The third kappa shape index (κ3) is 7.59. The Balaban J connectivity index is 1.17. The van der Waals surface area contributed by atoms with E-state index in [0.717, 1.165) is 43.7 Å². The summed E-state index contributed by atoms with van der Waals surface area (Å²) in [5.41, 5.74) is 2.94. The second-order valence-electron chi connectivity index (χ2n) is 11.5. The third-order valence-electron chi connectivity index (χ3n) is 8.61. The molecule has 0 aliphatic carbocycles. The molecule has 7 nitrogen and oxygen atoms in total. The van der Waals surface area contributed by atoms with Gasteiger partial charge in [0.05, 0.1) is 12.7 Å². The maximum absolute atomic E-state index is 15.3. The van der Waals surface area contributed by atoms with Gasteiger partial charge in [0.25, 0.3) is 5.92 Å². The first kappa shape index (κ1) is 29.8. The number of carboxylic acid groups (broad SMARTS) is 1. The molecule has 2 atom stereocenters. The van der Waals surface area contributed by atoms with Crippen LogP contribution >= 0.6 is 0 Å². The van der Waals surface area contributed by atoms with Gasteiger partial charge in [0.2, 0.25) is 0 Å². The third-order valence-corrected chi connectivity index (χ3v) is 8.61. The van der Waals surface area contributed by atoms with Crippen molar-refractivity contribution in [2.24, 2.45) is 5.92 Å². The summed E-state index contributed by atoms with van der Waals surface area (Å²) in [5.74, 6) is -4.70. The number of ether oxygens (including phenoxy) is 2. The molecule has 1 unspecified atom stereocenters. The lowest BCUT2D eigenvalue weighted by molar-refractivity contribution is -0.143. The molecule has 10 heteroatoms. The summed E-state index contributed by atoms with van der Waals surface area (Å²) in [6, 6.07) is 6.86. The van der Waals surface area contributed by atoms with Crippen molar-refractivity contribution in [1.29, 1.82) is 0 Å². The zero-order valence-electron chi connectivity index (χ0n) is 23.4. The number of pyridine rings is 1. The van der Waals surface area contributed by atoms with Crippen LogP contribution in [0, 0.1) is 11.7 Å². The highest BCUT2D eigenvalue weighted by Crippen LogP contribution is 2.40. The lowest BCUT2D eigenvalue weighted by Gasteiger charge is -2.29. The van der Waals surface area contributed by atoms with E-state index in [1.807, 2.05) is 6.07 Å². The van der Waals surface area contributed by atoms with Crippen LogP contribution < -0.4 is 5.32 Å². The normalized spacial score (nSPS) is 20.9. The molecule has 3 aliphatic heterocycles. The van der Waals surface area contributed by atoms with E-state index in [-0.39, 0.29) is 44.2 Å². The quantitative estimate of drug-likeness (QED) is 0.311. The molecule has 1 aromatic carbocycles. The Morgan fingerprint density at radius 2 is 2.02 bits per heavy atom. The molecule has 224 valence electrons. The summed E-state index contributed by atoms with van der Waals surface area (Å²) in [7, 11) is 0. The monoisotopic (exact) mass is 575 g/mol. The maximum atomic E-state index is 15.3. The summed E-state index contributed by atoms with van der Waals surface area (Å²) in [5, 5.41) is 13.5. The Labute approximate surface area is 239 Å². The van der Waals surface area contributed by atoms with Gasteiger partial charge in [0.1, 0.15) is 17.7 Å². The number of carbonyl (C=O) groups is 1. The van der Waals surface area contributed by atoms with E-state index in [2.05, 4.69) is 16.4 Å². The number of anilines is 1. The molecule has 0 amide bonds. The topological polar surface area (TPSA) is 83.9 Å². The zero-order chi connectivity index (χ0) is 28.8. The minimum atomic E-state index is -2.92. The van der Waals surface area contributed by atoms with E-state index in [9.17, 15) is 14.3 Å². The molecule has 2 fully saturated rings. The predicted molar refractivity (Wildman–Crippen MR) is 149 cm³/mol. The van der Waals surface area contributed by atoms with Crippen LogP contribution in [-0.2, 0) is 33.7 Å². The van der Waals surface area contributed by atoms with Gasteiger partial charge in [-0.3, -0.25) is 9.69 Å². The second-order valence-corrected chi connectivity index (χ2v) is 11.5. The number of hydrogen-bond donors (Lipinski definition) is 2. The van der Waals surface area contributed by atoms with Gasteiger partial charge in [0, 0.05) is 44.3 Å². The lowest BCUT2D eigenvalue weighted by Crippen LogP contribution is -2.36. The van der Waals surface area contributed by atoms with Gasteiger partial charge in [-0.2, -0.15) is 0 Å². The number of aliphatic carboxylic acids is 1. The summed E-state index contributed by atoms with van der Waals surface area (Å²) < 4.78 is 56.2. The van der Waals surface area contributed by atoms with E-state index >= 15 is 8.78 Å². The number of unbranched alkanes of at least 4 members (excludes halogenated alkanes) is 1. The fourth-order valence-corrected chi connectivity index (χ4v) is 6.23. The van der Waals surface area contributed by atoms with Crippen molar-refractivity contribution >= 4 is 11.8 Å². The highest BCUT2D eigenvalue weighted by Gasteiger charge is 2.45. The number of nitrogens with zero attached hydrogens (tertiary/aromatic N) is 2. The van der Waals surface area contributed by atoms with E-state index in [1.54, 1.807) is 4.90 Å². The van der Waals surface area contributed by atoms with Crippen LogP contribution in [0.3, 0.4) is 0 Å². The number of halogens is 3. The number of carboxylic acids is 1. The molecule has 0 spiro atoms. The predicted octanol–water partition coefficient (Wildman–Crippen LogP) is 5.77. The summed E-state index contributed by atoms with van der Waals surface area (Å²) >= 11 is 0. The minimum Gasteiger partial charge on any atom is -0.480 e. The number of likely N-dealkylation sites (tertiary alicyclic amines) is 1. The van der Waals surface area contributed by atoms with Crippen molar-refractivity contribution in [2.75, 3.05) is 38.2 Å². The molecule has 0 saturated carbocycles. The molecule has 41 heavy (non-hydrogen) atoms. The fraction of sp³-hybridized carbons (Fsp3) is 0.613. The number of aryl methyl sites for hydroxylation is 2. The molecule has 5 rings (SSSR count). The van der Waals surface area contributed by atoms with Gasteiger partial charge in [-0.05, 0) is 92.8 Å². The number of aromatic nitrogens is 1. The summed E-state index contributed by atoms with van der Waals surface area (Å²) in [6.07, 6.45) is 5.10. The van der Waals surface area contributed by atoms with Gasteiger partial charge in [-0.15, -0.1) is 0 Å². The van der Waals surface area contributed by atoms with Crippen molar-refractivity contribution in [1.82, 2.24) is 9.88 Å². The molecule has 2 saturated heterocycles. The SMILES string of the molecule is O=C(O)C(c1cc(F)ccc1COC1CCOCC1)N1CC[C@@H](C(F)(F)CCCCc2ccc3c(n2)NCCC3)C1. The molecule has 1 aromatic heterocycles. The van der Waals surface area contributed by atoms with Crippen molar-refractivity contribution in [3.63, 3.8) is 0 Å². The van der Waals surface area contributed by atoms with Crippen LogP contribution in [0.5, 0.6) is 0 Å². The van der Waals surface area contributed by atoms with Gasteiger partial charge in [-0.25, -0.2) is 18.2 Å². The van der Waals surface area contributed by atoms with Crippen LogP contribution in [0.25, 0.3) is 0 Å². The van der Waals surface area contributed by atoms with Gasteiger partial charge in [0.15, 0.2) is 0 Å². The molecule has 2 aromatic rings. The lowest BCUT2D eigenvalue weighted by atomic mass is 9.94. The number of fused-ring (bicyclic) bond motifs is 1. The molecule has 0 radical (unpaired) electrons. The molecule has 0 bridgehead atoms. The van der Waals surface area contributed by atoms with Crippen LogP contribution in [0.2, 0.25) is 0 Å². The number of alkyl halides is 2. The average molecular weight is 576 g/mol. The molecule has 2 N–H and O–H groups in total.